The molecular weight excluding hydrogens is 433 g/mol. The summed E-state index contributed by atoms with van der Waals surface area (Å²) < 4.78 is 33.5. The largest absolute Gasteiger partial charge is 0.495 e. The van der Waals surface area contributed by atoms with E-state index in [9.17, 15) is 8.42 Å². The van der Waals surface area contributed by atoms with Crippen molar-refractivity contribution in [2.24, 2.45) is 0 Å². The van der Waals surface area contributed by atoms with Crippen molar-refractivity contribution in [3.63, 3.8) is 0 Å². The van der Waals surface area contributed by atoms with E-state index < -0.39 is 10.0 Å². The molecule has 0 radical (unpaired) electrons. The number of rotatable bonds is 5. The molecule has 0 bridgehead atoms. The van der Waals surface area contributed by atoms with Crippen molar-refractivity contribution >= 4 is 56.2 Å². The Morgan fingerprint density at radius 2 is 1.78 bits per heavy atom. The zero-order valence-electron chi connectivity index (χ0n) is 14.4. The van der Waals surface area contributed by atoms with Crippen LogP contribution in [-0.2, 0) is 10.0 Å². The molecule has 0 amide bonds. The minimum absolute atomic E-state index is 0.00237. The molecule has 2 aromatic carbocycles. The highest BCUT2D eigenvalue weighted by atomic mass is 35.5. The highest BCUT2D eigenvalue weighted by Gasteiger charge is 2.22. The molecule has 10 heteroatoms. The summed E-state index contributed by atoms with van der Waals surface area (Å²) in [4.78, 5) is 2.00. The van der Waals surface area contributed by atoms with Gasteiger partial charge in [0.2, 0.25) is 0 Å². The molecule has 1 aliphatic rings. The number of methoxy groups -OCH3 is 1. The van der Waals surface area contributed by atoms with E-state index in [1.54, 1.807) is 25.3 Å². The van der Waals surface area contributed by atoms with Crippen molar-refractivity contribution in [2.45, 2.75) is 4.90 Å². The van der Waals surface area contributed by atoms with Crippen LogP contribution in [0.5, 0.6) is 5.75 Å². The molecule has 146 valence electrons. The zero-order valence-corrected chi connectivity index (χ0v) is 17.5. The molecule has 27 heavy (non-hydrogen) atoms. The van der Waals surface area contributed by atoms with Gasteiger partial charge < -0.3 is 15.0 Å². The first-order valence-corrected chi connectivity index (χ1v) is 10.7. The van der Waals surface area contributed by atoms with Gasteiger partial charge in [-0.1, -0.05) is 34.8 Å². The first kappa shape index (κ1) is 20.4. The lowest BCUT2D eigenvalue weighted by molar-refractivity contribution is 0.413. The smallest absolute Gasteiger partial charge is 0.263 e. The van der Waals surface area contributed by atoms with Gasteiger partial charge in [0.25, 0.3) is 10.0 Å². The summed E-state index contributed by atoms with van der Waals surface area (Å²) >= 11 is 17.9. The van der Waals surface area contributed by atoms with Gasteiger partial charge in [-0.3, -0.25) is 4.72 Å². The maximum atomic E-state index is 12.8. The number of anilines is 2. The topological polar surface area (TPSA) is 70.7 Å². The van der Waals surface area contributed by atoms with Crippen molar-refractivity contribution in [2.75, 3.05) is 42.9 Å². The van der Waals surface area contributed by atoms with Crippen LogP contribution in [0.2, 0.25) is 15.1 Å². The van der Waals surface area contributed by atoms with Crippen LogP contribution in [0.25, 0.3) is 0 Å². The van der Waals surface area contributed by atoms with Crippen molar-refractivity contribution in [3.8, 4) is 5.75 Å². The lowest BCUT2D eigenvalue weighted by Gasteiger charge is -2.31. The summed E-state index contributed by atoms with van der Waals surface area (Å²) in [6.45, 7) is 3.28. The van der Waals surface area contributed by atoms with Crippen LogP contribution >= 0.6 is 34.8 Å². The van der Waals surface area contributed by atoms with Crippen LogP contribution in [0.1, 0.15) is 0 Å². The van der Waals surface area contributed by atoms with Gasteiger partial charge >= 0.3 is 0 Å². The average molecular weight is 451 g/mol. The Bertz CT molecular complexity index is 948. The molecule has 0 spiro atoms. The fourth-order valence-corrected chi connectivity index (χ4v) is 4.86. The monoisotopic (exact) mass is 449 g/mol. The third-order valence-electron chi connectivity index (χ3n) is 4.18. The molecule has 2 N–H and O–H groups in total. The number of hydrogen-bond donors (Lipinski definition) is 2. The van der Waals surface area contributed by atoms with Crippen LogP contribution in [0.3, 0.4) is 0 Å². The first-order valence-electron chi connectivity index (χ1n) is 8.13. The maximum absolute atomic E-state index is 12.8. The molecule has 0 unspecified atom stereocenters. The Kier molecular flexibility index (Phi) is 6.28. The number of nitrogens with one attached hydrogen (secondary N) is 2. The van der Waals surface area contributed by atoms with E-state index in [-0.39, 0.29) is 20.0 Å². The zero-order chi connectivity index (χ0) is 19.6. The van der Waals surface area contributed by atoms with Gasteiger partial charge in [-0.05, 0) is 30.3 Å². The van der Waals surface area contributed by atoms with E-state index in [1.165, 1.54) is 12.1 Å². The molecule has 2 aromatic rings. The third-order valence-corrected chi connectivity index (χ3v) is 7.01. The van der Waals surface area contributed by atoms with Gasteiger partial charge in [0.1, 0.15) is 10.6 Å². The number of halogens is 3. The highest BCUT2D eigenvalue weighted by Crippen LogP contribution is 2.37. The average Bonchev–Trinajstić information content (AvgIpc) is 2.66. The van der Waals surface area contributed by atoms with E-state index in [2.05, 4.69) is 14.9 Å². The van der Waals surface area contributed by atoms with E-state index in [1.807, 2.05) is 0 Å². The van der Waals surface area contributed by atoms with Crippen LogP contribution in [0, 0.1) is 0 Å². The minimum Gasteiger partial charge on any atom is -0.495 e. The van der Waals surface area contributed by atoms with Crippen molar-refractivity contribution in [3.05, 3.63) is 45.4 Å². The standard InChI is InChI=1S/C17H18Cl3N3O3S/c1-26-14-4-2-11(10-13(14)23-8-6-21-7-9-23)22-27(24,25)15-5-3-12(18)16(19)17(15)20/h2-5,10,21-22H,6-9H2,1H3. The van der Waals surface area contributed by atoms with Crippen LogP contribution in [0.4, 0.5) is 11.4 Å². The Hall–Kier alpha value is -1.38. The van der Waals surface area contributed by atoms with Gasteiger partial charge in [0.05, 0.1) is 33.6 Å². The van der Waals surface area contributed by atoms with E-state index >= 15 is 0 Å². The Labute approximate surface area is 173 Å². The third kappa shape index (κ3) is 4.38. The SMILES string of the molecule is COc1ccc(NS(=O)(=O)c2ccc(Cl)c(Cl)c2Cl)cc1N1CCNCC1. The molecule has 1 fully saturated rings. The lowest BCUT2D eigenvalue weighted by Crippen LogP contribution is -2.43. The number of benzene rings is 2. The van der Waals surface area contributed by atoms with Gasteiger partial charge in [0.15, 0.2) is 0 Å². The molecule has 3 rings (SSSR count). The Morgan fingerprint density at radius 1 is 1.07 bits per heavy atom. The van der Waals surface area contributed by atoms with Gasteiger partial charge in [-0.2, -0.15) is 0 Å². The number of sulfonamides is 1. The lowest BCUT2D eigenvalue weighted by atomic mass is 10.2. The second kappa shape index (κ2) is 8.32. The fourth-order valence-electron chi connectivity index (χ4n) is 2.83. The molecular formula is C17H18Cl3N3O3S. The summed E-state index contributed by atoms with van der Waals surface area (Å²) in [5.41, 5.74) is 1.21. The van der Waals surface area contributed by atoms with Crippen LogP contribution < -0.4 is 19.7 Å². The number of nitrogens with zero attached hydrogens (tertiary/aromatic N) is 1. The van der Waals surface area contributed by atoms with Crippen molar-refractivity contribution in [1.82, 2.24) is 5.32 Å². The second-order valence-corrected chi connectivity index (χ2v) is 8.72. The molecule has 0 aliphatic carbocycles. The molecule has 0 aromatic heterocycles. The summed E-state index contributed by atoms with van der Waals surface area (Å²) in [5.74, 6) is 0.674. The predicted molar refractivity (Wildman–Crippen MR) is 110 cm³/mol. The number of piperazine rings is 1. The Morgan fingerprint density at radius 3 is 2.44 bits per heavy atom. The maximum Gasteiger partial charge on any atom is 0.263 e. The fraction of sp³-hybridized carbons (Fsp3) is 0.294. The molecule has 6 nitrogen and oxygen atoms in total. The summed E-state index contributed by atoms with van der Waals surface area (Å²) in [5, 5.41) is 3.35. The molecule has 1 saturated heterocycles. The quantitative estimate of drug-likeness (QED) is 0.677. The Balaban J connectivity index is 1.94. The van der Waals surface area contributed by atoms with E-state index in [4.69, 9.17) is 39.5 Å². The van der Waals surface area contributed by atoms with Crippen LogP contribution in [0.15, 0.2) is 35.2 Å². The number of hydrogen-bond acceptors (Lipinski definition) is 5. The molecule has 0 atom stereocenters. The van der Waals surface area contributed by atoms with Gasteiger partial charge in [-0.15, -0.1) is 0 Å². The summed E-state index contributed by atoms with van der Waals surface area (Å²) in [6, 6.07) is 7.82. The predicted octanol–water partition coefficient (Wildman–Crippen LogP) is 3.87. The summed E-state index contributed by atoms with van der Waals surface area (Å²) in [6.07, 6.45) is 0. The molecule has 0 saturated carbocycles. The van der Waals surface area contributed by atoms with E-state index in [0.717, 1.165) is 31.9 Å². The molecule has 1 aliphatic heterocycles. The molecule has 1 heterocycles. The first-order chi connectivity index (χ1) is 12.8. The highest BCUT2D eigenvalue weighted by molar-refractivity contribution is 7.92. The van der Waals surface area contributed by atoms with Crippen LogP contribution in [-0.4, -0.2) is 41.7 Å². The minimum atomic E-state index is -3.95. The van der Waals surface area contributed by atoms with Gasteiger partial charge in [-0.25, -0.2) is 8.42 Å². The summed E-state index contributed by atoms with van der Waals surface area (Å²) in [7, 11) is -2.36. The van der Waals surface area contributed by atoms with Crippen molar-refractivity contribution < 1.29 is 13.2 Å². The normalized spacial score (nSPS) is 14.9. The number of ether oxygens (including phenoxy) is 1. The second-order valence-electron chi connectivity index (χ2n) is 5.90. The van der Waals surface area contributed by atoms with Gasteiger partial charge in [0, 0.05) is 26.2 Å². The van der Waals surface area contributed by atoms with E-state index in [0.29, 0.717) is 11.4 Å². The van der Waals surface area contributed by atoms with Crippen molar-refractivity contribution in [1.29, 1.82) is 0 Å².